The highest BCUT2D eigenvalue weighted by atomic mass is 32.1. The van der Waals surface area contributed by atoms with Gasteiger partial charge in [0.1, 0.15) is 10.7 Å². The number of carbonyl (C=O) groups is 1. The average molecular weight is 210 g/mol. The fourth-order valence-electron chi connectivity index (χ4n) is 1.27. The molecule has 1 aromatic heterocycles. The third-order valence-electron chi connectivity index (χ3n) is 1.91. The van der Waals surface area contributed by atoms with Crippen LogP contribution in [0.4, 0.5) is 10.1 Å². The van der Waals surface area contributed by atoms with Gasteiger partial charge in [0.05, 0.1) is 5.69 Å². The first kappa shape index (κ1) is 8.96. The van der Waals surface area contributed by atoms with Crippen LogP contribution in [0, 0.1) is 5.82 Å². The summed E-state index contributed by atoms with van der Waals surface area (Å²) in [4.78, 5) is 11.2. The van der Waals surface area contributed by atoms with Crippen LogP contribution in [0.2, 0.25) is 0 Å². The fraction of sp³-hybridized carbons (Fsp3) is 0. The van der Waals surface area contributed by atoms with E-state index < -0.39 is 5.91 Å². The first-order chi connectivity index (χ1) is 6.59. The summed E-state index contributed by atoms with van der Waals surface area (Å²) in [6, 6.07) is 4.20. The zero-order valence-electron chi connectivity index (χ0n) is 7.08. The molecule has 4 N–H and O–H groups in total. The lowest BCUT2D eigenvalue weighted by Crippen LogP contribution is -2.10. The monoisotopic (exact) mass is 210 g/mol. The molecular formula is C9H7FN2OS. The molecule has 0 unspecified atom stereocenters. The van der Waals surface area contributed by atoms with Gasteiger partial charge in [-0.05, 0) is 18.2 Å². The molecule has 3 nitrogen and oxygen atoms in total. The highest BCUT2D eigenvalue weighted by molar-refractivity contribution is 7.21. The summed E-state index contributed by atoms with van der Waals surface area (Å²) < 4.78 is 13.6. The summed E-state index contributed by atoms with van der Waals surface area (Å²) in [5.41, 5.74) is 11.0. The van der Waals surface area contributed by atoms with E-state index in [1.54, 1.807) is 6.07 Å². The lowest BCUT2D eigenvalue weighted by Gasteiger charge is -1.92. The predicted octanol–water partition coefficient (Wildman–Crippen LogP) is 1.72. The van der Waals surface area contributed by atoms with E-state index in [0.717, 1.165) is 4.70 Å². The number of rotatable bonds is 1. The maximum absolute atomic E-state index is 12.9. The third-order valence-corrected chi connectivity index (χ3v) is 3.11. The van der Waals surface area contributed by atoms with Crippen molar-refractivity contribution in [2.75, 3.05) is 5.73 Å². The van der Waals surface area contributed by atoms with Crippen molar-refractivity contribution in [1.82, 2.24) is 0 Å². The Morgan fingerprint density at radius 3 is 2.79 bits per heavy atom. The van der Waals surface area contributed by atoms with Crippen molar-refractivity contribution in [2.45, 2.75) is 0 Å². The van der Waals surface area contributed by atoms with Crippen molar-refractivity contribution >= 4 is 33.0 Å². The average Bonchev–Trinajstić information content (AvgIpc) is 2.44. The Morgan fingerprint density at radius 2 is 2.14 bits per heavy atom. The normalized spacial score (nSPS) is 10.6. The quantitative estimate of drug-likeness (QED) is 0.752. The lowest BCUT2D eigenvalue weighted by atomic mass is 10.2. The second kappa shape index (κ2) is 2.95. The van der Waals surface area contributed by atoms with Gasteiger partial charge in [-0.1, -0.05) is 0 Å². The van der Waals surface area contributed by atoms with Crippen LogP contribution in [-0.4, -0.2) is 5.91 Å². The van der Waals surface area contributed by atoms with Gasteiger partial charge in [0.15, 0.2) is 0 Å². The molecule has 14 heavy (non-hydrogen) atoms. The zero-order chi connectivity index (χ0) is 10.3. The molecule has 1 aromatic carbocycles. The summed E-state index contributed by atoms with van der Waals surface area (Å²) in [5.74, 6) is -0.956. The lowest BCUT2D eigenvalue weighted by molar-refractivity contribution is 0.100. The Labute approximate surface area is 83.1 Å². The standard InChI is InChI=1S/C9H7FN2OS/c10-4-1-2-6-5(3-4)7(11)8(14-6)9(12)13/h1-3H,11H2,(H2,12,13). The maximum atomic E-state index is 12.9. The summed E-state index contributed by atoms with van der Waals surface area (Å²) in [7, 11) is 0. The molecule has 0 spiro atoms. The van der Waals surface area contributed by atoms with E-state index in [-0.39, 0.29) is 16.4 Å². The Hall–Kier alpha value is -1.62. The van der Waals surface area contributed by atoms with Crippen LogP contribution in [0.3, 0.4) is 0 Å². The van der Waals surface area contributed by atoms with E-state index in [1.807, 2.05) is 0 Å². The molecule has 1 heterocycles. The molecule has 2 rings (SSSR count). The number of thiophene rings is 1. The van der Waals surface area contributed by atoms with Crippen molar-refractivity contribution in [3.8, 4) is 0 Å². The largest absolute Gasteiger partial charge is 0.397 e. The number of nitrogen functional groups attached to an aromatic ring is 1. The molecule has 0 fully saturated rings. The molecular weight excluding hydrogens is 203 g/mol. The number of hydrogen-bond donors (Lipinski definition) is 2. The first-order valence-electron chi connectivity index (χ1n) is 3.87. The molecule has 0 bridgehead atoms. The van der Waals surface area contributed by atoms with Crippen LogP contribution < -0.4 is 11.5 Å². The Balaban J connectivity index is 2.80. The summed E-state index contributed by atoms with van der Waals surface area (Å²) in [5, 5.41) is 0.545. The molecule has 0 aliphatic carbocycles. The van der Waals surface area contributed by atoms with E-state index in [2.05, 4.69) is 0 Å². The fourth-order valence-corrected chi connectivity index (χ4v) is 2.23. The molecule has 0 aliphatic rings. The van der Waals surface area contributed by atoms with E-state index in [9.17, 15) is 9.18 Å². The zero-order valence-corrected chi connectivity index (χ0v) is 7.90. The highest BCUT2D eigenvalue weighted by Crippen LogP contribution is 2.33. The second-order valence-corrected chi connectivity index (χ2v) is 3.90. The number of fused-ring (bicyclic) bond motifs is 1. The minimum Gasteiger partial charge on any atom is -0.397 e. The van der Waals surface area contributed by atoms with E-state index in [4.69, 9.17) is 11.5 Å². The van der Waals surface area contributed by atoms with Crippen molar-refractivity contribution in [3.05, 3.63) is 28.9 Å². The topological polar surface area (TPSA) is 69.1 Å². The predicted molar refractivity (Wildman–Crippen MR) is 54.7 cm³/mol. The number of halogens is 1. The van der Waals surface area contributed by atoms with Crippen molar-refractivity contribution in [3.63, 3.8) is 0 Å². The number of carbonyl (C=O) groups excluding carboxylic acids is 1. The number of benzene rings is 1. The summed E-state index contributed by atoms with van der Waals surface area (Å²) in [6.07, 6.45) is 0. The SMILES string of the molecule is NC(=O)c1sc2ccc(F)cc2c1N. The molecule has 1 amide bonds. The van der Waals surface area contributed by atoms with E-state index in [1.165, 1.54) is 23.5 Å². The van der Waals surface area contributed by atoms with Gasteiger partial charge >= 0.3 is 0 Å². The molecule has 0 radical (unpaired) electrons. The highest BCUT2D eigenvalue weighted by Gasteiger charge is 2.13. The van der Waals surface area contributed by atoms with E-state index in [0.29, 0.717) is 5.39 Å². The van der Waals surface area contributed by atoms with Crippen LogP contribution in [0.25, 0.3) is 10.1 Å². The number of amides is 1. The summed E-state index contributed by atoms with van der Waals surface area (Å²) in [6.45, 7) is 0. The molecule has 0 aliphatic heterocycles. The van der Waals surface area contributed by atoms with Gasteiger partial charge in [0, 0.05) is 10.1 Å². The van der Waals surface area contributed by atoms with Gasteiger partial charge in [-0.3, -0.25) is 4.79 Å². The third kappa shape index (κ3) is 1.22. The maximum Gasteiger partial charge on any atom is 0.260 e. The Morgan fingerprint density at radius 1 is 1.43 bits per heavy atom. The van der Waals surface area contributed by atoms with Crippen LogP contribution in [0.15, 0.2) is 18.2 Å². The van der Waals surface area contributed by atoms with E-state index >= 15 is 0 Å². The van der Waals surface area contributed by atoms with Gasteiger partial charge in [-0.25, -0.2) is 4.39 Å². The molecule has 5 heteroatoms. The second-order valence-electron chi connectivity index (χ2n) is 2.85. The first-order valence-corrected chi connectivity index (χ1v) is 4.68. The van der Waals surface area contributed by atoms with Crippen molar-refractivity contribution in [1.29, 1.82) is 0 Å². The van der Waals surface area contributed by atoms with Gasteiger partial charge in [-0.2, -0.15) is 0 Å². The summed E-state index contributed by atoms with van der Waals surface area (Å²) >= 11 is 1.17. The van der Waals surface area contributed by atoms with Crippen LogP contribution in [0.1, 0.15) is 9.67 Å². The van der Waals surface area contributed by atoms with Crippen molar-refractivity contribution in [2.24, 2.45) is 5.73 Å². The van der Waals surface area contributed by atoms with Gasteiger partial charge in [0.2, 0.25) is 0 Å². The Bertz CT molecular complexity index is 521. The van der Waals surface area contributed by atoms with Gasteiger partial charge < -0.3 is 11.5 Å². The molecule has 0 saturated heterocycles. The molecule has 0 saturated carbocycles. The van der Waals surface area contributed by atoms with Crippen LogP contribution in [-0.2, 0) is 0 Å². The smallest absolute Gasteiger partial charge is 0.260 e. The number of nitrogens with two attached hydrogens (primary N) is 2. The van der Waals surface area contributed by atoms with Gasteiger partial charge in [0.25, 0.3) is 5.91 Å². The minimum absolute atomic E-state index is 0.261. The van der Waals surface area contributed by atoms with Crippen LogP contribution in [0.5, 0.6) is 0 Å². The minimum atomic E-state index is -0.580. The van der Waals surface area contributed by atoms with Crippen molar-refractivity contribution < 1.29 is 9.18 Å². The molecule has 72 valence electrons. The Kier molecular flexibility index (Phi) is 1.89. The van der Waals surface area contributed by atoms with Crippen LogP contribution >= 0.6 is 11.3 Å². The van der Waals surface area contributed by atoms with Gasteiger partial charge in [-0.15, -0.1) is 11.3 Å². The molecule has 0 atom stereocenters. The number of anilines is 1. The number of hydrogen-bond acceptors (Lipinski definition) is 3. The number of primary amides is 1. The molecule has 2 aromatic rings.